The third kappa shape index (κ3) is 3.18. The highest BCUT2D eigenvalue weighted by atomic mass is 16.5. The van der Waals surface area contributed by atoms with Crippen LogP contribution in [0.4, 0.5) is 5.69 Å². The summed E-state index contributed by atoms with van der Waals surface area (Å²) in [5.41, 5.74) is 10.3. The van der Waals surface area contributed by atoms with Crippen LogP contribution in [0.3, 0.4) is 0 Å². The average molecular weight is 300 g/mol. The number of anilines is 1. The first kappa shape index (κ1) is 15.1. The van der Waals surface area contributed by atoms with Crippen LogP contribution in [0, 0.1) is 0 Å². The Balaban J connectivity index is 1.89. The van der Waals surface area contributed by atoms with Gasteiger partial charge < -0.3 is 20.5 Å². The summed E-state index contributed by atoms with van der Waals surface area (Å²) in [6.45, 7) is 3.60. The van der Waals surface area contributed by atoms with Gasteiger partial charge >= 0.3 is 0 Å². The van der Waals surface area contributed by atoms with E-state index < -0.39 is 0 Å². The molecule has 1 heterocycles. The maximum Gasteiger partial charge on any atom is 0.127 e. The third-order valence-corrected chi connectivity index (χ3v) is 4.35. The van der Waals surface area contributed by atoms with Crippen LogP contribution in [0.15, 0.2) is 35.9 Å². The van der Waals surface area contributed by atoms with Crippen LogP contribution in [0.1, 0.15) is 25.3 Å². The molecule has 1 aromatic rings. The maximum atomic E-state index is 6.14. The normalized spacial score (nSPS) is 24.8. The van der Waals surface area contributed by atoms with Crippen molar-refractivity contribution in [2.24, 2.45) is 0 Å². The van der Waals surface area contributed by atoms with Gasteiger partial charge in [-0.05, 0) is 44.2 Å². The Morgan fingerprint density at radius 1 is 1.36 bits per heavy atom. The number of nitrogens with two attached hydrogens (primary N) is 1. The summed E-state index contributed by atoms with van der Waals surface area (Å²) in [5.74, 6) is 0.892. The second-order valence-electron chi connectivity index (χ2n) is 5.98. The van der Waals surface area contributed by atoms with Gasteiger partial charge in [0.15, 0.2) is 0 Å². The minimum Gasteiger partial charge on any atom is -0.487 e. The van der Waals surface area contributed by atoms with Gasteiger partial charge in [0.05, 0.1) is 13.2 Å². The van der Waals surface area contributed by atoms with Crippen molar-refractivity contribution in [3.63, 3.8) is 0 Å². The van der Waals surface area contributed by atoms with Crippen LogP contribution in [-0.2, 0) is 4.74 Å². The van der Waals surface area contributed by atoms with Crippen molar-refractivity contribution in [2.75, 3.05) is 26.0 Å². The topological polar surface area (TPSA) is 56.5 Å². The van der Waals surface area contributed by atoms with Crippen molar-refractivity contribution >= 4 is 11.3 Å². The quantitative estimate of drug-likeness (QED) is 0.840. The van der Waals surface area contributed by atoms with Gasteiger partial charge in [0.2, 0.25) is 0 Å². The molecule has 0 amide bonds. The van der Waals surface area contributed by atoms with Gasteiger partial charge in [0.1, 0.15) is 11.9 Å². The van der Waals surface area contributed by atoms with Gasteiger partial charge in [-0.15, -0.1) is 0 Å². The van der Waals surface area contributed by atoms with Gasteiger partial charge in [-0.2, -0.15) is 0 Å². The lowest BCUT2D eigenvalue weighted by Gasteiger charge is -2.23. The molecule has 4 heteroatoms. The molecule has 1 aliphatic heterocycles. The second kappa shape index (κ2) is 6.55. The van der Waals surface area contributed by atoms with Gasteiger partial charge in [-0.3, -0.25) is 0 Å². The lowest BCUT2D eigenvalue weighted by Crippen LogP contribution is -2.27. The molecule has 1 aliphatic carbocycles. The zero-order valence-electron chi connectivity index (χ0n) is 13.3. The Morgan fingerprint density at radius 2 is 2.23 bits per heavy atom. The predicted octanol–water partition coefficient (Wildman–Crippen LogP) is 2.76. The number of benzene rings is 1. The van der Waals surface area contributed by atoms with Crippen molar-refractivity contribution in [3.05, 3.63) is 41.5 Å². The summed E-state index contributed by atoms with van der Waals surface area (Å²) in [6.07, 6.45) is 6.54. The predicted molar refractivity (Wildman–Crippen MR) is 89.9 cm³/mol. The fourth-order valence-corrected chi connectivity index (χ4v) is 3.03. The Morgan fingerprint density at radius 3 is 2.91 bits per heavy atom. The van der Waals surface area contributed by atoms with E-state index in [9.17, 15) is 0 Å². The molecule has 2 aliphatic rings. The molecule has 0 radical (unpaired) electrons. The van der Waals surface area contributed by atoms with E-state index in [2.05, 4.69) is 24.4 Å². The van der Waals surface area contributed by atoms with E-state index in [0.717, 1.165) is 36.4 Å². The number of rotatable bonds is 4. The van der Waals surface area contributed by atoms with E-state index in [-0.39, 0.29) is 6.10 Å². The third-order valence-electron chi connectivity index (χ3n) is 4.35. The molecule has 0 aromatic heterocycles. The first-order valence-electron chi connectivity index (χ1n) is 7.87. The molecule has 2 unspecified atom stereocenters. The monoisotopic (exact) mass is 300 g/mol. The first-order valence-corrected chi connectivity index (χ1v) is 7.87. The standard InChI is InChI=1S/C18H24N2O2/c1-12-9-13(3-5-17(12)20-2)16-10-14(19)4-6-18(16)22-15-7-8-21-11-15/h3-4,6,9-10,15,17,20H,5,7-8,11,19H2,1-2H3. The van der Waals surface area contributed by atoms with Crippen molar-refractivity contribution in [3.8, 4) is 5.75 Å². The molecule has 0 spiro atoms. The Bertz CT molecular complexity index is 601. The van der Waals surface area contributed by atoms with E-state index in [1.165, 1.54) is 11.1 Å². The average Bonchev–Trinajstić information content (AvgIpc) is 3.02. The number of hydrogen-bond acceptors (Lipinski definition) is 4. The summed E-state index contributed by atoms with van der Waals surface area (Å²) < 4.78 is 11.5. The minimum atomic E-state index is 0.140. The second-order valence-corrected chi connectivity index (χ2v) is 5.98. The van der Waals surface area contributed by atoms with Crippen molar-refractivity contribution in [1.82, 2.24) is 5.32 Å². The number of ether oxygens (including phenoxy) is 2. The van der Waals surface area contributed by atoms with E-state index in [1.807, 2.05) is 25.2 Å². The van der Waals surface area contributed by atoms with Crippen LogP contribution >= 0.6 is 0 Å². The molecule has 1 aromatic carbocycles. The minimum absolute atomic E-state index is 0.140. The molecule has 3 rings (SSSR count). The van der Waals surface area contributed by atoms with E-state index >= 15 is 0 Å². The van der Waals surface area contributed by atoms with Crippen molar-refractivity contribution in [1.29, 1.82) is 0 Å². The number of allylic oxidation sites excluding steroid dienone is 2. The van der Waals surface area contributed by atoms with Gasteiger partial charge in [-0.25, -0.2) is 0 Å². The van der Waals surface area contributed by atoms with E-state index in [1.54, 1.807) is 0 Å². The lowest BCUT2D eigenvalue weighted by atomic mass is 9.91. The van der Waals surface area contributed by atoms with Crippen LogP contribution in [-0.4, -0.2) is 32.4 Å². The van der Waals surface area contributed by atoms with Gasteiger partial charge in [-0.1, -0.05) is 17.7 Å². The molecule has 3 N–H and O–H groups in total. The summed E-state index contributed by atoms with van der Waals surface area (Å²) in [7, 11) is 2.00. The highest BCUT2D eigenvalue weighted by Gasteiger charge is 2.21. The van der Waals surface area contributed by atoms with Crippen LogP contribution in [0.25, 0.3) is 5.57 Å². The summed E-state index contributed by atoms with van der Waals surface area (Å²) in [4.78, 5) is 0. The van der Waals surface area contributed by atoms with E-state index in [4.69, 9.17) is 15.2 Å². The Hall–Kier alpha value is -1.78. The van der Waals surface area contributed by atoms with Crippen molar-refractivity contribution in [2.45, 2.75) is 31.9 Å². The fraction of sp³-hybridized carbons (Fsp3) is 0.444. The number of nitrogens with one attached hydrogen (secondary N) is 1. The largest absolute Gasteiger partial charge is 0.487 e. The molecular formula is C18H24N2O2. The molecule has 0 saturated carbocycles. The smallest absolute Gasteiger partial charge is 0.127 e. The molecule has 1 saturated heterocycles. The van der Waals surface area contributed by atoms with Crippen molar-refractivity contribution < 1.29 is 9.47 Å². The molecule has 1 fully saturated rings. The van der Waals surface area contributed by atoms with Gasteiger partial charge in [0.25, 0.3) is 0 Å². The summed E-state index contributed by atoms with van der Waals surface area (Å²) in [6, 6.07) is 6.28. The number of hydrogen-bond donors (Lipinski definition) is 2. The Labute approximate surface area is 132 Å². The zero-order chi connectivity index (χ0) is 15.5. The SMILES string of the molecule is CNC1CC=C(c2cc(N)ccc2OC2CCOC2)C=C1C. The van der Waals surface area contributed by atoms with Crippen LogP contribution < -0.4 is 15.8 Å². The number of nitrogen functional groups attached to an aromatic ring is 1. The van der Waals surface area contributed by atoms with Crippen LogP contribution in [0.5, 0.6) is 5.75 Å². The lowest BCUT2D eigenvalue weighted by molar-refractivity contribution is 0.141. The highest BCUT2D eigenvalue weighted by molar-refractivity contribution is 5.81. The number of likely N-dealkylation sites (N-methyl/N-ethyl adjacent to an activating group) is 1. The molecule has 4 nitrogen and oxygen atoms in total. The first-order chi connectivity index (χ1) is 10.7. The molecule has 2 atom stereocenters. The maximum absolute atomic E-state index is 6.14. The summed E-state index contributed by atoms with van der Waals surface area (Å²) >= 11 is 0. The van der Waals surface area contributed by atoms with Crippen LogP contribution in [0.2, 0.25) is 0 Å². The highest BCUT2D eigenvalue weighted by Crippen LogP contribution is 2.34. The van der Waals surface area contributed by atoms with Gasteiger partial charge in [0, 0.05) is 23.7 Å². The molecule has 118 valence electrons. The molecule has 0 bridgehead atoms. The molecule has 22 heavy (non-hydrogen) atoms. The summed E-state index contributed by atoms with van der Waals surface area (Å²) in [5, 5.41) is 3.33. The zero-order valence-corrected chi connectivity index (χ0v) is 13.3. The fourth-order valence-electron chi connectivity index (χ4n) is 3.03. The Kier molecular flexibility index (Phi) is 4.50. The molecular weight excluding hydrogens is 276 g/mol. The van der Waals surface area contributed by atoms with E-state index in [0.29, 0.717) is 12.6 Å².